The molecule has 0 amide bonds. The van der Waals surface area contributed by atoms with Gasteiger partial charge < -0.3 is 10.6 Å². The summed E-state index contributed by atoms with van der Waals surface area (Å²) in [6.07, 6.45) is 11.6. The number of likely N-dealkylation sites (tertiary alicyclic amines) is 1. The Morgan fingerprint density at radius 3 is 2.35 bits per heavy atom. The van der Waals surface area contributed by atoms with Crippen LogP contribution in [0.25, 0.3) is 0 Å². The Morgan fingerprint density at radius 1 is 0.882 bits per heavy atom. The number of hydrogen-bond donors (Lipinski definition) is 1. The lowest BCUT2D eigenvalue weighted by Gasteiger charge is -2.23. The predicted octanol–water partition coefficient (Wildman–Crippen LogP) is 2.63. The lowest BCUT2D eigenvalue weighted by molar-refractivity contribution is 0.242. The first-order valence-corrected chi connectivity index (χ1v) is 7.81. The lowest BCUT2D eigenvalue weighted by atomic mass is 9.98. The molecular formula is C15H28N2. The minimum atomic E-state index is 0.513. The number of fused-ring (bicyclic) bond motifs is 1. The molecule has 3 fully saturated rings. The molecule has 3 aliphatic rings. The highest BCUT2D eigenvalue weighted by molar-refractivity contribution is 4.95. The molecule has 3 unspecified atom stereocenters. The van der Waals surface area contributed by atoms with Gasteiger partial charge in [-0.2, -0.15) is 0 Å². The maximum Gasteiger partial charge on any atom is 0.00826 e. The third kappa shape index (κ3) is 2.68. The summed E-state index contributed by atoms with van der Waals surface area (Å²) in [5.74, 6) is 2.77. The minimum absolute atomic E-state index is 0.513. The average molecular weight is 236 g/mol. The summed E-state index contributed by atoms with van der Waals surface area (Å²) in [6.45, 7) is 4.04. The van der Waals surface area contributed by atoms with E-state index in [9.17, 15) is 0 Å². The Morgan fingerprint density at radius 2 is 1.65 bits per heavy atom. The molecule has 3 rings (SSSR count). The van der Waals surface area contributed by atoms with Gasteiger partial charge in [-0.3, -0.25) is 0 Å². The smallest absolute Gasteiger partial charge is 0.00826 e. The van der Waals surface area contributed by atoms with Gasteiger partial charge in [0.15, 0.2) is 0 Å². The molecule has 98 valence electrons. The van der Waals surface area contributed by atoms with E-state index in [1.807, 2.05) is 0 Å². The summed E-state index contributed by atoms with van der Waals surface area (Å²) >= 11 is 0. The molecule has 1 saturated heterocycles. The lowest BCUT2D eigenvalue weighted by Crippen LogP contribution is -2.32. The Kier molecular flexibility index (Phi) is 3.72. The van der Waals surface area contributed by atoms with E-state index >= 15 is 0 Å². The van der Waals surface area contributed by atoms with Crippen LogP contribution in [0.3, 0.4) is 0 Å². The van der Waals surface area contributed by atoms with E-state index in [0.717, 1.165) is 17.8 Å². The van der Waals surface area contributed by atoms with Crippen LogP contribution in [-0.4, -0.2) is 30.6 Å². The number of nitrogens with two attached hydrogens (primary N) is 1. The number of nitrogens with zero attached hydrogens (tertiary/aromatic N) is 1. The van der Waals surface area contributed by atoms with Gasteiger partial charge in [0, 0.05) is 25.7 Å². The molecule has 3 atom stereocenters. The molecule has 0 aromatic rings. The van der Waals surface area contributed by atoms with Crippen LogP contribution < -0.4 is 5.73 Å². The first-order chi connectivity index (χ1) is 8.33. The molecule has 0 aromatic heterocycles. The molecule has 0 radical (unpaired) electrons. The molecule has 2 nitrogen and oxygen atoms in total. The van der Waals surface area contributed by atoms with Crippen LogP contribution >= 0.6 is 0 Å². The van der Waals surface area contributed by atoms with Gasteiger partial charge in [0.05, 0.1) is 0 Å². The van der Waals surface area contributed by atoms with Crippen LogP contribution in [0, 0.1) is 17.8 Å². The molecular weight excluding hydrogens is 208 g/mol. The quantitative estimate of drug-likeness (QED) is 0.747. The summed E-state index contributed by atoms with van der Waals surface area (Å²) in [7, 11) is 0. The molecule has 2 heteroatoms. The van der Waals surface area contributed by atoms with Gasteiger partial charge in [-0.25, -0.2) is 0 Å². The van der Waals surface area contributed by atoms with Crippen LogP contribution in [-0.2, 0) is 0 Å². The normalized spacial score (nSPS) is 40.4. The Balaban J connectivity index is 1.50. The van der Waals surface area contributed by atoms with Gasteiger partial charge in [-0.15, -0.1) is 0 Å². The van der Waals surface area contributed by atoms with Gasteiger partial charge in [0.2, 0.25) is 0 Å². The SMILES string of the molecule is NC1CCC2CN(CC3CCCCCC3)CC12. The summed E-state index contributed by atoms with van der Waals surface area (Å²) < 4.78 is 0. The molecule has 0 aromatic carbocycles. The zero-order valence-corrected chi connectivity index (χ0v) is 11.1. The highest BCUT2D eigenvalue weighted by atomic mass is 15.2. The number of rotatable bonds is 2. The van der Waals surface area contributed by atoms with Gasteiger partial charge in [0.25, 0.3) is 0 Å². The van der Waals surface area contributed by atoms with Crippen LogP contribution in [0.1, 0.15) is 51.4 Å². The van der Waals surface area contributed by atoms with Crippen molar-refractivity contribution in [3.05, 3.63) is 0 Å². The van der Waals surface area contributed by atoms with Crippen molar-refractivity contribution >= 4 is 0 Å². The molecule has 2 N–H and O–H groups in total. The molecule has 17 heavy (non-hydrogen) atoms. The van der Waals surface area contributed by atoms with Crippen molar-refractivity contribution in [1.82, 2.24) is 4.90 Å². The minimum Gasteiger partial charge on any atom is -0.327 e. The van der Waals surface area contributed by atoms with E-state index in [0.29, 0.717) is 6.04 Å². The average Bonchev–Trinajstić information content (AvgIpc) is 2.73. The molecule has 2 aliphatic carbocycles. The second kappa shape index (κ2) is 5.27. The van der Waals surface area contributed by atoms with Crippen molar-refractivity contribution in [3.8, 4) is 0 Å². The van der Waals surface area contributed by atoms with E-state index in [1.165, 1.54) is 71.0 Å². The van der Waals surface area contributed by atoms with E-state index in [1.54, 1.807) is 0 Å². The number of hydrogen-bond acceptors (Lipinski definition) is 2. The zero-order chi connectivity index (χ0) is 11.7. The summed E-state index contributed by atoms with van der Waals surface area (Å²) in [5.41, 5.74) is 6.21. The molecule has 0 bridgehead atoms. The highest BCUT2D eigenvalue weighted by Gasteiger charge is 2.41. The maximum atomic E-state index is 6.21. The standard InChI is InChI=1S/C15H28N2/c16-15-8-7-13-10-17(11-14(13)15)9-12-5-3-1-2-4-6-12/h12-15H,1-11,16H2. The molecule has 2 saturated carbocycles. The largest absolute Gasteiger partial charge is 0.327 e. The molecule has 1 aliphatic heterocycles. The van der Waals surface area contributed by atoms with Crippen molar-refractivity contribution < 1.29 is 0 Å². The summed E-state index contributed by atoms with van der Waals surface area (Å²) in [6, 6.07) is 0.513. The first kappa shape index (κ1) is 12.0. The first-order valence-electron chi connectivity index (χ1n) is 7.81. The van der Waals surface area contributed by atoms with Gasteiger partial charge in [0.1, 0.15) is 0 Å². The van der Waals surface area contributed by atoms with Gasteiger partial charge >= 0.3 is 0 Å². The van der Waals surface area contributed by atoms with E-state index in [4.69, 9.17) is 5.73 Å². The summed E-state index contributed by atoms with van der Waals surface area (Å²) in [4.78, 5) is 2.74. The van der Waals surface area contributed by atoms with Crippen LogP contribution in [0.4, 0.5) is 0 Å². The van der Waals surface area contributed by atoms with Gasteiger partial charge in [-0.1, -0.05) is 25.7 Å². The fourth-order valence-corrected chi connectivity index (χ4v) is 4.46. The fourth-order valence-electron chi connectivity index (χ4n) is 4.46. The highest BCUT2D eigenvalue weighted by Crippen LogP contribution is 2.38. The predicted molar refractivity (Wildman–Crippen MR) is 71.8 cm³/mol. The Labute approximate surface area is 106 Å². The van der Waals surface area contributed by atoms with E-state index < -0.39 is 0 Å². The van der Waals surface area contributed by atoms with Crippen molar-refractivity contribution in [2.75, 3.05) is 19.6 Å². The van der Waals surface area contributed by atoms with Gasteiger partial charge in [-0.05, 0) is 43.4 Å². The van der Waals surface area contributed by atoms with Crippen LogP contribution in [0.15, 0.2) is 0 Å². The maximum absolute atomic E-state index is 6.21. The van der Waals surface area contributed by atoms with Crippen molar-refractivity contribution in [1.29, 1.82) is 0 Å². The molecule has 1 heterocycles. The Hall–Kier alpha value is -0.0800. The summed E-state index contributed by atoms with van der Waals surface area (Å²) in [5, 5.41) is 0. The van der Waals surface area contributed by atoms with Crippen molar-refractivity contribution in [2.45, 2.75) is 57.4 Å². The van der Waals surface area contributed by atoms with E-state index in [2.05, 4.69) is 4.90 Å². The second-order valence-electron chi connectivity index (χ2n) is 6.74. The van der Waals surface area contributed by atoms with Crippen LogP contribution in [0.5, 0.6) is 0 Å². The van der Waals surface area contributed by atoms with E-state index in [-0.39, 0.29) is 0 Å². The monoisotopic (exact) mass is 236 g/mol. The second-order valence-corrected chi connectivity index (χ2v) is 6.74. The third-order valence-corrected chi connectivity index (χ3v) is 5.48. The Bertz CT molecular complexity index is 245. The van der Waals surface area contributed by atoms with Crippen LogP contribution in [0.2, 0.25) is 0 Å². The van der Waals surface area contributed by atoms with Crippen molar-refractivity contribution in [2.24, 2.45) is 23.5 Å². The zero-order valence-electron chi connectivity index (χ0n) is 11.1. The third-order valence-electron chi connectivity index (χ3n) is 5.48. The molecule has 0 spiro atoms. The van der Waals surface area contributed by atoms with Crippen molar-refractivity contribution in [3.63, 3.8) is 0 Å². The topological polar surface area (TPSA) is 29.3 Å². The fraction of sp³-hybridized carbons (Fsp3) is 1.00.